The van der Waals surface area contributed by atoms with E-state index in [0.717, 1.165) is 40.2 Å². The first-order valence-electron chi connectivity index (χ1n) is 9.91. The molecule has 2 rings (SSSR count). The van der Waals surface area contributed by atoms with Gasteiger partial charge in [0.1, 0.15) is 0 Å². The third-order valence-electron chi connectivity index (χ3n) is 4.60. The SMILES string of the molecule is C=C/C(=C\C=N/CC(C)(C)C#N)C(=C)Nc1cnc(C)c(-c2ccc(CC)nc2)c1. The Labute approximate surface area is 179 Å². The molecule has 0 spiro atoms. The Bertz CT molecular complexity index is 1000. The van der Waals surface area contributed by atoms with Gasteiger partial charge in [-0.15, -0.1) is 0 Å². The maximum absolute atomic E-state index is 9.06. The van der Waals surface area contributed by atoms with Crippen molar-refractivity contribution in [1.29, 1.82) is 5.26 Å². The van der Waals surface area contributed by atoms with Gasteiger partial charge in [0.2, 0.25) is 0 Å². The Morgan fingerprint density at radius 3 is 2.67 bits per heavy atom. The molecule has 30 heavy (non-hydrogen) atoms. The molecule has 0 saturated heterocycles. The third kappa shape index (κ3) is 6.25. The average Bonchev–Trinajstić information content (AvgIpc) is 2.75. The second kappa shape index (κ2) is 10.3. The van der Waals surface area contributed by atoms with Crippen molar-refractivity contribution in [2.24, 2.45) is 10.4 Å². The van der Waals surface area contributed by atoms with Gasteiger partial charge in [-0.05, 0) is 51.0 Å². The number of allylic oxidation sites excluding steroid dienone is 2. The van der Waals surface area contributed by atoms with E-state index in [-0.39, 0.29) is 0 Å². The Morgan fingerprint density at radius 2 is 2.07 bits per heavy atom. The number of anilines is 1. The molecule has 2 heterocycles. The highest BCUT2D eigenvalue weighted by molar-refractivity contribution is 5.76. The van der Waals surface area contributed by atoms with Gasteiger partial charge in [0.05, 0.1) is 29.9 Å². The predicted molar refractivity (Wildman–Crippen MR) is 125 cm³/mol. The Kier molecular flexibility index (Phi) is 7.83. The molecule has 0 aliphatic carbocycles. The highest BCUT2D eigenvalue weighted by atomic mass is 14.9. The van der Waals surface area contributed by atoms with Crippen molar-refractivity contribution >= 4 is 11.9 Å². The van der Waals surface area contributed by atoms with E-state index in [2.05, 4.69) is 52.5 Å². The molecule has 0 radical (unpaired) electrons. The largest absolute Gasteiger partial charge is 0.354 e. The van der Waals surface area contributed by atoms with Crippen LogP contribution in [0.25, 0.3) is 11.1 Å². The molecule has 0 aliphatic heterocycles. The highest BCUT2D eigenvalue weighted by Crippen LogP contribution is 2.26. The zero-order chi connectivity index (χ0) is 22.1. The van der Waals surface area contributed by atoms with E-state index in [4.69, 9.17) is 5.26 Å². The van der Waals surface area contributed by atoms with Crippen LogP contribution in [0.15, 0.2) is 72.2 Å². The summed E-state index contributed by atoms with van der Waals surface area (Å²) in [6.45, 7) is 16.2. The number of pyridine rings is 2. The second-order valence-corrected chi connectivity index (χ2v) is 7.66. The van der Waals surface area contributed by atoms with Gasteiger partial charge in [0.25, 0.3) is 0 Å². The minimum atomic E-state index is -0.484. The van der Waals surface area contributed by atoms with Gasteiger partial charge in [-0.2, -0.15) is 5.26 Å². The molecule has 0 fully saturated rings. The van der Waals surface area contributed by atoms with E-state index in [0.29, 0.717) is 12.2 Å². The number of nitrogens with one attached hydrogen (secondary N) is 1. The van der Waals surface area contributed by atoms with Gasteiger partial charge < -0.3 is 5.32 Å². The van der Waals surface area contributed by atoms with Crippen molar-refractivity contribution in [2.45, 2.75) is 34.1 Å². The molecule has 5 nitrogen and oxygen atoms in total. The Balaban J connectivity index is 2.17. The first-order chi connectivity index (χ1) is 14.3. The lowest BCUT2D eigenvalue weighted by atomic mass is 9.96. The van der Waals surface area contributed by atoms with Gasteiger partial charge in [-0.25, -0.2) is 0 Å². The van der Waals surface area contributed by atoms with Gasteiger partial charge in [-0.1, -0.05) is 32.2 Å². The van der Waals surface area contributed by atoms with Crippen molar-refractivity contribution in [3.05, 3.63) is 78.6 Å². The van der Waals surface area contributed by atoms with Crippen LogP contribution in [0.1, 0.15) is 32.2 Å². The number of aryl methyl sites for hydroxylation is 2. The molecule has 0 aliphatic rings. The van der Waals surface area contributed by atoms with Crippen LogP contribution in [0, 0.1) is 23.7 Å². The van der Waals surface area contributed by atoms with Gasteiger partial charge >= 0.3 is 0 Å². The van der Waals surface area contributed by atoms with Crippen molar-refractivity contribution in [3.8, 4) is 17.2 Å². The fourth-order valence-electron chi connectivity index (χ4n) is 2.67. The topological polar surface area (TPSA) is 74.0 Å². The van der Waals surface area contributed by atoms with Crippen molar-refractivity contribution in [2.75, 3.05) is 11.9 Å². The van der Waals surface area contributed by atoms with Crippen LogP contribution in [0.2, 0.25) is 0 Å². The van der Waals surface area contributed by atoms with Crippen LogP contribution >= 0.6 is 0 Å². The fraction of sp³-hybridized carbons (Fsp3) is 0.280. The standard InChI is InChI=1S/C25H29N5/c1-7-20(11-12-27-17-25(5,6)16-26)18(3)30-23-13-24(19(4)28-15-23)21-9-10-22(8-2)29-14-21/h7,9-15,30H,1,3,8,17H2,2,4-6H3/b20-11+,27-12-. The van der Waals surface area contributed by atoms with Crippen molar-refractivity contribution in [1.82, 2.24) is 9.97 Å². The van der Waals surface area contributed by atoms with Crippen LogP contribution in [0.3, 0.4) is 0 Å². The van der Waals surface area contributed by atoms with Crippen LogP contribution in [-0.4, -0.2) is 22.7 Å². The number of nitriles is 1. The minimum absolute atomic E-state index is 0.431. The van der Waals surface area contributed by atoms with E-state index in [1.807, 2.05) is 45.2 Å². The second-order valence-electron chi connectivity index (χ2n) is 7.66. The Morgan fingerprint density at radius 1 is 1.30 bits per heavy atom. The lowest BCUT2D eigenvalue weighted by Gasteiger charge is -2.13. The monoisotopic (exact) mass is 399 g/mol. The first kappa shape index (κ1) is 22.8. The number of aliphatic imine (C=N–C) groups is 1. The third-order valence-corrected chi connectivity index (χ3v) is 4.60. The molecular formula is C25H29N5. The molecule has 0 unspecified atom stereocenters. The molecule has 0 aromatic carbocycles. The zero-order valence-corrected chi connectivity index (χ0v) is 18.2. The molecular weight excluding hydrogens is 370 g/mol. The van der Waals surface area contributed by atoms with E-state index >= 15 is 0 Å². The normalized spacial score (nSPS) is 11.9. The fourth-order valence-corrected chi connectivity index (χ4v) is 2.67. The van der Waals surface area contributed by atoms with E-state index in [1.54, 1.807) is 18.5 Å². The van der Waals surface area contributed by atoms with Gasteiger partial charge in [0, 0.05) is 40.6 Å². The maximum Gasteiger partial charge on any atom is 0.0712 e. The highest BCUT2D eigenvalue weighted by Gasteiger charge is 2.14. The number of aromatic nitrogens is 2. The molecule has 1 N–H and O–H groups in total. The van der Waals surface area contributed by atoms with Crippen LogP contribution < -0.4 is 5.32 Å². The van der Waals surface area contributed by atoms with Gasteiger partial charge in [-0.3, -0.25) is 15.0 Å². The number of hydrogen-bond acceptors (Lipinski definition) is 5. The van der Waals surface area contributed by atoms with Gasteiger partial charge in [0.15, 0.2) is 0 Å². The van der Waals surface area contributed by atoms with Crippen LogP contribution in [0.4, 0.5) is 5.69 Å². The summed E-state index contributed by atoms with van der Waals surface area (Å²) in [5.41, 5.74) is 5.89. The Hall–Kier alpha value is -3.52. The summed E-state index contributed by atoms with van der Waals surface area (Å²) in [6.07, 6.45) is 9.80. The van der Waals surface area contributed by atoms with Crippen molar-refractivity contribution < 1.29 is 0 Å². The van der Waals surface area contributed by atoms with Crippen LogP contribution in [0.5, 0.6) is 0 Å². The predicted octanol–water partition coefficient (Wildman–Crippen LogP) is 5.67. The van der Waals surface area contributed by atoms with E-state index in [9.17, 15) is 0 Å². The molecule has 0 amide bonds. The lowest BCUT2D eigenvalue weighted by molar-refractivity contribution is 0.513. The summed E-state index contributed by atoms with van der Waals surface area (Å²) in [5, 5.41) is 12.4. The molecule has 2 aromatic rings. The van der Waals surface area contributed by atoms with E-state index < -0.39 is 5.41 Å². The summed E-state index contributed by atoms with van der Waals surface area (Å²) in [6, 6.07) is 8.39. The molecule has 0 atom stereocenters. The van der Waals surface area contributed by atoms with E-state index in [1.165, 1.54) is 0 Å². The van der Waals surface area contributed by atoms with Crippen molar-refractivity contribution in [3.63, 3.8) is 0 Å². The molecule has 0 bridgehead atoms. The zero-order valence-electron chi connectivity index (χ0n) is 18.2. The average molecular weight is 400 g/mol. The number of nitrogens with zero attached hydrogens (tertiary/aromatic N) is 4. The summed E-state index contributed by atoms with van der Waals surface area (Å²) in [5.74, 6) is 0. The quantitative estimate of drug-likeness (QED) is 0.435. The van der Waals surface area contributed by atoms with Crippen LogP contribution in [-0.2, 0) is 6.42 Å². The maximum atomic E-state index is 9.06. The summed E-state index contributed by atoms with van der Waals surface area (Å²) < 4.78 is 0. The lowest BCUT2D eigenvalue weighted by Crippen LogP contribution is -2.11. The molecule has 0 saturated carbocycles. The molecule has 2 aromatic heterocycles. The summed E-state index contributed by atoms with van der Waals surface area (Å²) in [4.78, 5) is 13.3. The minimum Gasteiger partial charge on any atom is -0.354 e. The molecule has 154 valence electrons. The number of rotatable bonds is 9. The summed E-state index contributed by atoms with van der Waals surface area (Å²) >= 11 is 0. The summed E-state index contributed by atoms with van der Waals surface area (Å²) in [7, 11) is 0. The first-order valence-corrected chi connectivity index (χ1v) is 9.91. The smallest absolute Gasteiger partial charge is 0.0712 e. The number of hydrogen-bond donors (Lipinski definition) is 1. The molecule has 5 heteroatoms.